The number of carbonyl (C=O) groups excluding carboxylic acids is 2. The predicted molar refractivity (Wildman–Crippen MR) is 108 cm³/mol. The van der Waals surface area contributed by atoms with E-state index in [4.69, 9.17) is 13.9 Å². The molecule has 2 heterocycles. The Hall–Kier alpha value is -3.21. The Labute approximate surface area is 179 Å². The molecule has 3 rings (SSSR count). The van der Waals surface area contributed by atoms with Crippen LogP contribution in [0.4, 0.5) is 5.69 Å². The lowest BCUT2D eigenvalue weighted by Crippen LogP contribution is -2.16. The molecule has 0 saturated carbocycles. The van der Waals surface area contributed by atoms with Crippen molar-refractivity contribution in [3.05, 3.63) is 55.5 Å². The number of esters is 2. The number of aromatic nitrogens is 2. The van der Waals surface area contributed by atoms with E-state index in [0.29, 0.717) is 16.5 Å². The van der Waals surface area contributed by atoms with Crippen LogP contribution in [0.3, 0.4) is 0 Å². The summed E-state index contributed by atoms with van der Waals surface area (Å²) in [4.78, 5) is 35.2. The average Bonchev–Trinajstić information content (AvgIpc) is 3.16. The molecule has 0 radical (unpaired) electrons. The van der Waals surface area contributed by atoms with Crippen molar-refractivity contribution in [1.82, 2.24) is 9.78 Å². The topological polar surface area (TPSA) is 127 Å². The van der Waals surface area contributed by atoms with Crippen LogP contribution in [0.5, 0.6) is 0 Å². The molecule has 0 fully saturated rings. The van der Waals surface area contributed by atoms with Crippen LogP contribution in [0.15, 0.2) is 27.1 Å². The fourth-order valence-corrected chi connectivity index (χ4v) is 3.41. The Balaban J connectivity index is 1.83. The number of halogens is 1. The van der Waals surface area contributed by atoms with Gasteiger partial charge in [-0.25, -0.2) is 4.79 Å². The van der Waals surface area contributed by atoms with Crippen molar-refractivity contribution in [2.24, 2.45) is 0 Å². The number of hydrogen-bond acceptors (Lipinski definition) is 8. The minimum atomic E-state index is -0.672. The lowest BCUT2D eigenvalue weighted by molar-refractivity contribution is -0.386. The number of nitrogens with zero attached hydrogens (tertiary/aromatic N) is 3. The number of hydrogen-bond donors (Lipinski definition) is 0. The summed E-state index contributed by atoms with van der Waals surface area (Å²) in [5.41, 5.74) is 1.14. The van der Waals surface area contributed by atoms with E-state index in [-0.39, 0.29) is 42.6 Å². The van der Waals surface area contributed by atoms with Crippen LogP contribution in [0.2, 0.25) is 0 Å². The van der Waals surface area contributed by atoms with E-state index >= 15 is 0 Å². The zero-order valence-electron chi connectivity index (χ0n) is 16.4. The highest BCUT2D eigenvalue weighted by molar-refractivity contribution is 9.10. The number of nitro groups is 1. The maximum absolute atomic E-state index is 12.4. The molecule has 0 aliphatic carbocycles. The summed E-state index contributed by atoms with van der Waals surface area (Å²) >= 11 is 3.36. The quantitative estimate of drug-likeness (QED) is 0.284. The second kappa shape index (κ2) is 8.66. The molecule has 158 valence electrons. The molecule has 1 aromatic carbocycles. The highest BCUT2D eigenvalue weighted by Gasteiger charge is 2.25. The van der Waals surface area contributed by atoms with Gasteiger partial charge in [0.15, 0.2) is 0 Å². The van der Waals surface area contributed by atoms with Crippen molar-refractivity contribution in [3.8, 4) is 0 Å². The summed E-state index contributed by atoms with van der Waals surface area (Å²) in [5.74, 6) is -1.38. The average molecular weight is 480 g/mol. The number of fused-ring (bicyclic) bond motifs is 1. The molecule has 0 aliphatic heterocycles. The van der Waals surface area contributed by atoms with E-state index in [0.717, 1.165) is 4.47 Å². The standard InChI is InChI=1S/C19H18BrN3O7/c1-4-28-19(25)18-14(13-7-12(20)5-6-15(13)30-18)9-29-16(24)8-22-11(3)17(23(26)27)10(2)21-22/h5-7H,4,8-9H2,1-3H3. The molecule has 0 unspecified atom stereocenters. The fourth-order valence-electron chi connectivity index (χ4n) is 3.05. The minimum Gasteiger partial charge on any atom is -0.460 e. The number of ether oxygens (including phenoxy) is 2. The van der Waals surface area contributed by atoms with Gasteiger partial charge in [0.25, 0.3) is 0 Å². The van der Waals surface area contributed by atoms with Gasteiger partial charge in [-0.05, 0) is 39.0 Å². The number of benzene rings is 1. The molecular formula is C19H18BrN3O7. The first-order valence-electron chi connectivity index (χ1n) is 8.95. The fraction of sp³-hybridized carbons (Fsp3) is 0.316. The van der Waals surface area contributed by atoms with E-state index in [1.54, 1.807) is 25.1 Å². The van der Waals surface area contributed by atoms with E-state index in [2.05, 4.69) is 21.0 Å². The van der Waals surface area contributed by atoms with Crippen molar-refractivity contribution < 1.29 is 28.4 Å². The second-order valence-electron chi connectivity index (χ2n) is 6.37. The normalized spacial score (nSPS) is 10.9. The van der Waals surface area contributed by atoms with Gasteiger partial charge in [0.05, 0.1) is 17.1 Å². The van der Waals surface area contributed by atoms with Gasteiger partial charge in [0, 0.05) is 9.86 Å². The summed E-state index contributed by atoms with van der Waals surface area (Å²) < 4.78 is 17.9. The first-order valence-corrected chi connectivity index (χ1v) is 9.74. The van der Waals surface area contributed by atoms with Crippen LogP contribution >= 0.6 is 15.9 Å². The van der Waals surface area contributed by atoms with Gasteiger partial charge in [0.1, 0.15) is 30.1 Å². The molecule has 0 aliphatic rings. The van der Waals surface area contributed by atoms with Gasteiger partial charge in [-0.15, -0.1) is 0 Å². The second-order valence-corrected chi connectivity index (χ2v) is 7.28. The Morgan fingerprint density at radius 2 is 2.03 bits per heavy atom. The van der Waals surface area contributed by atoms with Crippen molar-refractivity contribution in [3.63, 3.8) is 0 Å². The van der Waals surface area contributed by atoms with Gasteiger partial charge in [0.2, 0.25) is 5.76 Å². The third kappa shape index (κ3) is 4.20. The lowest BCUT2D eigenvalue weighted by Gasteiger charge is -2.07. The predicted octanol–water partition coefficient (Wildman–Crippen LogP) is 3.84. The maximum Gasteiger partial charge on any atom is 0.374 e. The molecule has 3 aromatic rings. The van der Waals surface area contributed by atoms with Crippen molar-refractivity contribution in [1.29, 1.82) is 0 Å². The molecule has 0 atom stereocenters. The molecule has 30 heavy (non-hydrogen) atoms. The van der Waals surface area contributed by atoms with Crippen LogP contribution in [0, 0.1) is 24.0 Å². The molecule has 10 nitrogen and oxygen atoms in total. The largest absolute Gasteiger partial charge is 0.460 e. The van der Waals surface area contributed by atoms with Crippen LogP contribution in [-0.4, -0.2) is 33.2 Å². The Morgan fingerprint density at radius 3 is 2.67 bits per heavy atom. The molecule has 0 saturated heterocycles. The number of carbonyl (C=O) groups is 2. The van der Waals surface area contributed by atoms with Crippen LogP contribution in [0.25, 0.3) is 11.0 Å². The zero-order chi connectivity index (χ0) is 22.0. The van der Waals surface area contributed by atoms with Crippen molar-refractivity contribution in [2.45, 2.75) is 33.9 Å². The van der Waals surface area contributed by atoms with Crippen LogP contribution in [0.1, 0.15) is 34.4 Å². The number of furan rings is 1. The monoisotopic (exact) mass is 479 g/mol. The molecule has 0 amide bonds. The van der Waals surface area contributed by atoms with Gasteiger partial charge >= 0.3 is 17.6 Å². The van der Waals surface area contributed by atoms with Crippen molar-refractivity contribution in [2.75, 3.05) is 6.61 Å². The van der Waals surface area contributed by atoms with E-state index in [1.807, 2.05) is 0 Å². The molecule has 2 aromatic heterocycles. The highest BCUT2D eigenvalue weighted by Crippen LogP contribution is 2.30. The SMILES string of the molecule is CCOC(=O)c1oc2ccc(Br)cc2c1COC(=O)Cn1nc(C)c([N+](=O)[O-])c1C. The smallest absolute Gasteiger partial charge is 0.374 e. The van der Waals surface area contributed by atoms with Crippen LogP contribution < -0.4 is 0 Å². The number of aryl methyl sites for hydroxylation is 1. The summed E-state index contributed by atoms with van der Waals surface area (Å²) in [6.07, 6.45) is 0. The molecule has 0 N–H and O–H groups in total. The first kappa shape index (κ1) is 21.5. The number of rotatable bonds is 7. The Kier molecular flexibility index (Phi) is 6.20. The first-order chi connectivity index (χ1) is 14.2. The molecule has 0 bridgehead atoms. The molecule has 11 heteroatoms. The maximum atomic E-state index is 12.4. The van der Waals surface area contributed by atoms with Gasteiger partial charge in [-0.2, -0.15) is 5.10 Å². The van der Waals surface area contributed by atoms with Crippen LogP contribution in [-0.2, 0) is 27.4 Å². The molecular weight excluding hydrogens is 462 g/mol. The Bertz CT molecular complexity index is 1150. The summed E-state index contributed by atoms with van der Waals surface area (Å²) in [5, 5.41) is 15.7. The van der Waals surface area contributed by atoms with Gasteiger partial charge < -0.3 is 13.9 Å². The minimum absolute atomic E-state index is 0.0421. The third-order valence-corrected chi connectivity index (χ3v) is 4.89. The summed E-state index contributed by atoms with van der Waals surface area (Å²) in [6.45, 7) is 4.28. The summed E-state index contributed by atoms with van der Waals surface area (Å²) in [6, 6.07) is 5.18. The van der Waals surface area contributed by atoms with Crippen molar-refractivity contribution >= 4 is 44.5 Å². The highest BCUT2D eigenvalue weighted by atomic mass is 79.9. The van der Waals surface area contributed by atoms with Gasteiger partial charge in [-0.1, -0.05) is 15.9 Å². The Morgan fingerprint density at radius 1 is 1.30 bits per heavy atom. The zero-order valence-corrected chi connectivity index (χ0v) is 18.0. The third-order valence-electron chi connectivity index (χ3n) is 4.40. The van der Waals surface area contributed by atoms with Gasteiger partial charge in [-0.3, -0.25) is 19.6 Å². The van der Waals surface area contributed by atoms with E-state index < -0.39 is 16.9 Å². The summed E-state index contributed by atoms with van der Waals surface area (Å²) in [7, 11) is 0. The molecule has 0 spiro atoms. The van der Waals surface area contributed by atoms with E-state index in [1.165, 1.54) is 18.5 Å². The van der Waals surface area contributed by atoms with E-state index in [9.17, 15) is 19.7 Å². The lowest BCUT2D eigenvalue weighted by atomic mass is 10.1.